The summed E-state index contributed by atoms with van der Waals surface area (Å²) < 4.78 is 44.1. The summed E-state index contributed by atoms with van der Waals surface area (Å²) in [6, 6.07) is 15.5. The summed E-state index contributed by atoms with van der Waals surface area (Å²) in [6.45, 7) is 0.635. The molecule has 0 fully saturated rings. The lowest BCUT2D eigenvalue weighted by atomic mass is 10.2. The van der Waals surface area contributed by atoms with E-state index in [0.29, 0.717) is 16.8 Å². The number of hydrogen-bond acceptors (Lipinski definition) is 3. The van der Waals surface area contributed by atoms with Crippen LogP contribution in [0.1, 0.15) is 27.2 Å². The van der Waals surface area contributed by atoms with Gasteiger partial charge >= 0.3 is 6.18 Å². The Morgan fingerprint density at radius 3 is 2.48 bits per heavy atom. The van der Waals surface area contributed by atoms with Crippen LogP contribution in [0, 0.1) is 0 Å². The van der Waals surface area contributed by atoms with E-state index in [1.807, 2.05) is 30.3 Å². The number of aromatic nitrogens is 4. The van der Waals surface area contributed by atoms with Gasteiger partial charge in [0.25, 0.3) is 5.91 Å². The first-order chi connectivity index (χ1) is 15.7. The van der Waals surface area contributed by atoms with Crippen molar-refractivity contribution in [1.29, 1.82) is 0 Å². The molecule has 2 aromatic carbocycles. The first-order valence-corrected chi connectivity index (χ1v) is 10.3. The van der Waals surface area contributed by atoms with Crippen molar-refractivity contribution in [2.75, 3.05) is 7.05 Å². The van der Waals surface area contributed by atoms with Crippen LogP contribution in [0.25, 0.3) is 5.69 Å². The molecule has 0 radical (unpaired) electrons. The number of carbonyl (C=O) groups is 1. The third kappa shape index (κ3) is 5.09. The van der Waals surface area contributed by atoms with Crippen LogP contribution in [-0.2, 0) is 19.3 Å². The second kappa shape index (κ2) is 9.11. The molecule has 0 saturated carbocycles. The van der Waals surface area contributed by atoms with Gasteiger partial charge in [-0.2, -0.15) is 23.4 Å². The van der Waals surface area contributed by atoms with Crippen molar-refractivity contribution >= 4 is 17.5 Å². The maximum absolute atomic E-state index is 13.9. The third-order valence-electron chi connectivity index (χ3n) is 4.96. The van der Waals surface area contributed by atoms with Crippen molar-refractivity contribution in [3.05, 3.63) is 101 Å². The highest BCUT2D eigenvalue weighted by Gasteiger charge is 2.41. The van der Waals surface area contributed by atoms with Gasteiger partial charge in [0, 0.05) is 30.4 Å². The van der Waals surface area contributed by atoms with Crippen LogP contribution in [0.15, 0.2) is 73.2 Å². The number of amides is 1. The van der Waals surface area contributed by atoms with E-state index in [1.165, 1.54) is 30.1 Å². The van der Waals surface area contributed by atoms with Gasteiger partial charge in [0.2, 0.25) is 0 Å². The number of halogens is 4. The maximum atomic E-state index is 13.9. The molecule has 0 atom stereocenters. The fraction of sp³-hybridized carbons (Fsp3) is 0.174. The molecule has 0 N–H and O–H groups in total. The summed E-state index contributed by atoms with van der Waals surface area (Å²) in [5, 5.41) is 8.36. The smallest absolute Gasteiger partial charge is 0.337 e. The standard InChI is InChI=1S/C23H19ClF3N5O/c1-30(13-17-11-28-31(15-17)14-16-6-3-2-4-7-16)22(33)20-12-29-32(21(20)23(25,26)27)19-9-5-8-18(24)10-19/h2-12,15H,13-14H2,1H3. The Balaban J connectivity index is 1.55. The molecular formula is C23H19ClF3N5O. The predicted octanol–water partition coefficient (Wildman–Crippen LogP) is 5.06. The molecule has 0 aliphatic heterocycles. The summed E-state index contributed by atoms with van der Waals surface area (Å²) in [7, 11) is 1.44. The maximum Gasteiger partial charge on any atom is 0.434 e. The number of benzene rings is 2. The van der Waals surface area contributed by atoms with Gasteiger partial charge in [-0.25, -0.2) is 4.68 Å². The molecular weight excluding hydrogens is 455 g/mol. The predicted molar refractivity (Wildman–Crippen MR) is 117 cm³/mol. The minimum Gasteiger partial charge on any atom is -0.337 e. The lowest BCUT2D eigenvalue weighted by Crippen LogP contribution is -2.28. The van der Waals surface area contributed by atoms with Gasteiger partial charge in [0.1, 0.15) is 0 Å². The fourth-order valence-corrected chi connectivity index (χ4v) is 3.66. The second-order valence-electron chi connectivity index (χ2n) is 7.49. The summed E-state index contributed by atoms with van der Waals surface area (Å²) in [6.07, 6.45) is -0.518. The van der Waals surface area contributed by atoms with Crippen LogP contribution >= 0.6 is 11.6 Å². The molecule has 0 spiro atoms. The van der Waals surface area contributed by atoms with E-state index < -0.39 is 23.3 Å². The Morgan fingerprint density at radius 1 is 1.03 bits per heavy atom. The number of nitrogens with zero attached hydrogens (tertiary/aromatic N) is 5. The summed E-state index contributed by atoms with van der Waals surface area (Å²) in [5.41, 5.74) is 0.166. The van der Waals surface area contributed by atoms with Gasteiger partial charge in [-0.05, 0) is 23.8 Å². The summed E-state index contributed by atoms with van der Waals surface area (Å²) in [5.74, 6) is -0.800. The molecule has 2 aromatic heterocycles. The molecule has 4 aromatic rings. The number of hydrogen-bond donors (Lipinski definition) is 0. The molecule has 33 heavy (non-hydrogen) atoms. The van der Waals surface area contributed by atoms with Crippen molar-refractivity contribution in [3.8, 4) is 5.69 Å². The second-order valence-corrected chi connectivity index (χ2v) is 7.93. The van der Waals surface area contributed by atoms with Gasteiger partial charge in [0.15, 0.2) is 5.69 Å². The van der Waals surface area contributed by atoms with E-state index in [2.05, 4.69) is 10.2 Å². The minimum absolute atomic E-state index is 0.0905. The largest absolute Gasteiger partial charge is 0.434 e. The van der Waals surface area contributed by atoms with E-state index in [4.69, 9.17) is 11.6 Å². The fourth-order valence-electron chi connectivity index (χ4n) is 3.48. The van der Waals surface area contributed by atoms with Crippen LogP contribution in [-0.4, -0.2) is 37.4 Å². The van der Waals surface area contributed by atoms with Crippen LogP contribution in [0.3, 0.4) is 0 Å². The van der Waals surface area contributed by atoms with Gasteiger partial charge in [-0.15, -0.1) is 0 Å². The number of alkyl halides is 3. The van der Waals surface area contributed by atoms with E-state index in [0.717, 1.165) is 11.8 Å². The molecule has 0 saturated heterocycles. The zero-order chi connectivity index (χ0) is 23.6. The quantitative estimate of drug-likeness (QED) is 0.393. The molecule has 6 nitrogen and oxygen atoms in total. The molecule has 1 amide bonds. The van der Waals surface area contributed by atoms with Crippen LogP contribution in [0.4, 0.5) is 13.2 Å². The van der Waals surface area contributed by atoms with E-state index in [-0.39, 0.29) is 17.3 Å². The third-order valence-corrected chi connectivity index (χ3v) is 5.20. The van der Waals surface area contributed by atoms with Crippen LogP contribution in [0.5, 0.6) is 0 Å². The number of carbonyl (C=O) groups excluding carboxylic acids is 1. The Morgan fingerprint density at radius 2 is 1.79 bits per heavy atom. The monoisotopic (exact) mass is 473 g/mol. The van der Waals surface area contributed by atoms with Crippen LogP contribution < -0.4 is 0 Å². The Kier molecular flexibility index (Phi) is 6.24. The highest BCUT2D eigenvalue weighted by atomic mass is 35.5. The van der Waals surface area contributed by atoms with Gasteiger partial charge in [-0.3, -0.25) is 9.48 Å². The van der Waals surface area contributed by atoms with Gasteiger partial charge in [-0.1, -0.05) is 48.0 Å². The van der Waals surface area contributed by atoms with Crippen molar-refractivity contribution in [1.82, 2.24) is 24.5 Å². The molecule has 0 bridgehead atoms. The van der Waals surface area contributed by atoms with Gasteiger partial charge < -0.3 is 4.90 Å². The van der Waals surface area contributed by atoms with E-state index in [9.17, 15) is 18.0 Å². The molecule has 10 heteroatoms. The molecule has 170 valence electrons. The lowest BCUT2D eigenvalue weighted by Gasteiger charge is -2.18. The average Bonchev–Trinajstić information content (AvgIpc) is 3.41. The first-order valence-electron chi connectivity index (χ1n) is 9.94. The zero-order valence-corrected chi connectivity index (χ0v) is 18.3. The van der Waals surface area contributed by atoms with E-state index >= 15 is 0 Å². The lowest BCUT2D eigenvalue weighted by molar-refractivity contribution is -0.143. The first kappa shape index (κ1) is 22.6. The molecule has 0 aliphatic carbocycles. The van der Waals surface area contributed by atoms with Crippen molar-refractivity contribution < 1.29 is 18.0 Å². The van der Waals surface area contributed by atoms with E-state index in [1.54, 1.807) is 23.1 Å². The topological polar surface area (TPSA) is 56.0 Å². The molecule has 0 unspecified atom stereocenters. The molecule has 4 rings (SSSR count). The summed E-state index contributed by atoms with van der Waals surface area (Å²) >= 11 is 5.92. The Hall–Kier alpha value is -3.59. The normalized spacial score (nSPS) is 11.5. The van der Waals surface area contributed by atoms with Crippen molar-refractivity contribution in [3.63, 3.8) is 0 Å². The Labute approximate surface area is 192 Å². The summed E-state index contributed by atoms with van der Waals surface area (Å²) in [4.78, 5) is 14.2. The average molecular weight is 474 g/mol. The molecule has 0 aliphatic rings. The number of rotatable bonds is 6. The van der Waals surface area contributed by atoms with Crippen molar-refractivity contribution in [2.45, 2.75) is 19.3 Å². The zero-order valence-electron chi connectivity index (χ0n) is 17.5. The van der Waals surface area contributed by atoms with Crippen LogP contribution in [0.2, 0.25) is 5.02 Å². The molecule has 2 heterocycles. The highest BCUT2D eigenvalue weighted by Crippen LogP contribution is 2.34. The Bertz CT molecular complexity index is 1270. The highest BCUT2D eigenvalue weighted by molar-refractivity contribution is 6.30. The van der Waals surface area contributed by atoms with Gasteiger partial charge in [0.05, 0.1) is 30.2 Å². The minimum atomic E-state index is -4.80. The van der Waals surface area contributed by atoms with Crippen molar-refractivity contribution in [2.24, 2.45) is 0 Å². The SMILES string of the molecule is CN(Cc1cnn(Cc2ccccc2)c1)C(=O)c1cnn(-c2cccc(Cl)c2)c1C(F)(F)F.